The molecule has 0 heterocycles. The molecule has 0 radical (unpaired) electrons. The first kappa shape index (κ1) is 17.3. The van der Waals surface area contributed by atoms with Crippen LogP contribution in [-0.4, -0.2) is 46.9 Å². The summed E-state index contributed by atoms with van der Waals surface area (Å²) in [6.07, 6.45) is 0. The maximum Gasteiger partial charge on any atom is 0.339 e. The highest BCUT2D eigenvalue weighted by atomic mass is 36.0. The van der Waals surface area contributed by atoms with E-state index in [1.54, 1.807) is 0 Å². The largest absolute Gasteiger partial charge is 0.396 e. The predicted octanol–water partition coefficient (Wildman–Crippen LogP) is 0.753. The van der Waals surface area contributed by atoms with Gasteiger partial charge in [-0.25, -0.2) is 0 Å². The normalized spacial score (nSPS) is 11.9. The Hall–Kier alpha value is 0.940. The van der Waals surface area contributed by atoms with Crippen LogP contribution in [0, 0.1) is 5.41 Å². The van der Waals surface area contributed by atoms with Crippen LogP contribution in [0.25, 0.3) is 0 Å². The second-order valence-corrected chi connectivity index (χ2v) is 9.17. The summed E-state index contributed by atoms with van der Waals surface area (Å²) in [5.74, 6) is 0. The number of aliphatic hydroxyl groups excluding tert-OH is 4. The molecule has 0 fully saturated rings. The van der Waals surface area contributed by atoms with E-state index in [9.17, 15) is 4.57 Å². The van der Waals surface area contributed by atoms with Gasteiger partial charge in [0, 0.05) is 0 Å². The Balaban J connectivity index is 0. The molecule has 0 rings (SSSR count). The highest BCUT2D eigenvalue weighted by molar-refractivity contribution is 8.24. The van der Waals surface area contributed by atoms with Gasteiger partial charge in [0.1, 0.15) is 0 Å². The number of hydrogen-bond acceptors (Lipinski definition) is 5. The molecule has 0 saturated carbocycles. The lowest BCUT2D eigenvalue weighted by atomic mass is 9.93. The van der Waals surface area contributed by atoms with Gasteiger partial charge in [-0.15, -0.1) is 0 Å². The lowest BCUT2D eigenvalue weighted by Gasteiger charge is -2.23. The Kier molecular flexibility index (Phi) is 10.1. The minimum absolute atomic E-state index is 0.406. The Morgan fingerprint density at radius 2 is 1.00 bits per heavy atom. The van der Waals surface area contributed by atoms with Crippen molar-refractivity contribution in [2.45, 2.75) is 0 Å². The molecule has 0 atom stereocenters. The van der Waals surface area contributed by atoms with Crippen LogP contribution in [0.2, 0.25) is 0 Å². The Labute approximate surface area is 96.0 Å². The monoisotopic (exact) mass is 288 g/mol. The molecule has 4 N–H and O–H groups in total. The molecule has 14 heavy (non-hydrogen) atoms. The van der Waals surface area contributed by atoms with Crippen molar-refractivity contribution in [1.29, 1.82) is 0 Å². The molecule has 0 aromatic rings. The summed E-state index contributed by atoms with van der Waals surface area (Å²) in [6, 6.07) is 0. The quantitative estimate of drug-likeness (QED) is 0.573. The van der Waals surface area contributed by atoms with Gasteiger partial charge in [-0.05, 0) is 33.7 Å². The highest BCUT2D eigenvalue weighted by Crippen LogP contribution is 2.61. The standard InChI is InChI=1S/C5H12O4.Cl3OP/c6-1-5(2-7,3-8)4-9;1-5(2,3)4/h6-9H,1-4H2;. The van der Waals surface area contributed by atoms with E-state index in [1.807, 2.05) is 0 Å². The summed E-state index contributed by atoms with van der Waals surface area (Å²) in [4.78, 5) is 0. The number of halogens is 3. The van der Waals surface area contributed by atoms with Crippen LogP contribution >= 0.6 is 38.9 Å². The van der Waals surface area contributed by atoms with Gasteiger partial charge in [0.05, 0.1) is 31.8 Å². The van der Waals surface area contributed by atoms with E-state index in [-0.39, 0.29) is 0 Å². The lowest BCUT2D eigenvalue weighted by Crippen LogP contribution is -2.37. The van der Waals surface area contributed by atoms with E-state index in [0.717, 1.165) is 0 Å². The fraction of sp³-hybridized carbons (Fsp3) is 1.00. The second-order valence-electron chi connectivity index (χ2n) is 2.53. The van der Waals surface area contributed by atoms with Gasteiger partial charge >= 0.3 is 5.20 Å². The van der Waals surface area contributed by atoms with Crippen molar-refractivity contribution in [2.24, 2.45) is 5.41 Å². The SMILES string of the molecule is O=P(Cl)(Cl)Cl.OCC(CO)(CO)CO. The number of rotatable bonds is 4. The first-order valence-electron chi connectivity index (χ1n) is 3.37. The third kappa shape index (κ3) is 11.0. The maximum atomic E-state index is 9.51. The lowest BCUT2D eigenvalue weighted by molar-refractivity contribution is -0.0328. The number of hydrogen-bond donors (Lipinski definition) is 4. The van der Waals surface area contributed by atoms with Crippen LogP contribution in [0.3, 0.4) is 0 Å². The van der Waals surface area contributed by atoms with Crippen molar-refractivity contribution in [2.75, 3.05) is 26.4 Å². The molecule has 0 saturated heterocycles. The molecule has 0 aromatic carbocycles. The molecule has 0 unspecified atom stereocenters. The van der Waals surface area contributed by atoms with Crippen molar-refractivity contribution in [3.05, 3.63) is 0 Å². The fourth-order valence-electron chi connectivity index (χ4n) is 0.300. The summed E-state index contributed by atoms with van der Waals surface area (Å²) >= 11 is 13.8. The summed E-state index contributed by atoms with van der Waals surface area (Å²) in [5.41, 5.74) is -1.11. The third-order valence-electron chi connectivity index (χ3n) is 1.34. The summed E-state index contributed by atoms with van der Waals surface area (Å²) in [7, 11) is 0. The molecule has 0 aliphatic heterocycles. The van der Waals surface area contributed by atoms with Crippen molar-refractivity contribution in [1.82, 2.24) is 0 Å². The Morgan fingerprint density at radius 1 is 0.857 bits per heavy atom. The topological polar surface area (TPSA) is 98.0 Å². The van der Waals surface area contributed by atoms with Crippen molar-refractivity contribution in [3.63, 3.8) is 0 Å². The first-order valence-corrected chi connectivity index (χ1v) is 7.79. The van der Waals surface area contributed by atoms with E-state index in [1.165, 1.54) is 0 Å². The van der Waals surface area contributed by atoms with E-state index < -0.39 is 37.0 Å². The van der Waals surface area contributed by atoms with Gasteiger partial charge in [0.2, 0.25) is 0 Å². The average molecular weight is 289 g/mol. The summed E-state index contributed by atoms with van der Waals surface area (Å²) in [5, 5.41) is 30.8. The van der Waals surface area contributed by atoms with Crippen molar-refractivity contribution >= 4 is 38.9 Å². The molecule has 9 heteroatoms. The molecule has 0 aromatic heterocycles. The fourth-order valence-corrected chi connectivity index (χ4v) is 0.300. The first-order chi connectivity index (χ1) is 6.24. The van der Waals surface area contributed by atoms with Crippen LogP contribution in [0.4, 0.5) is 0 Å². The molecular weight excluding hydrogens is 277 g/mol. The second kappa shape index (κ2) is 8.13. The molecule has 88 valence electrons. The van der Waals surface area contributed by atoms with Crippen LogP contribution in [0.15, 0.2) is 0 Å². The van der Waals surface area contributed by atoms with Gasteiger partial charge in [-0.1, -0.05) is 0 Å². The minimum atomic E-state index is -3.22. The number of aliphatic hydroxyl groups is 4. The Morgan fingerprint density at radius 3 is 1.00 bits per heavy atom. The molecule has 0 aliphatic carbocycles. The van der Waals surface area contributed by atoms with Crippen molar-refractivity contribution < 1.29 is 25.0 Å². The smallest absolute Gasteiger partial charge is 0.339 e. The zero-order valence-electron chi connectivity index (χ0n) is 7.11. The molecule has 0 aliphatic rings. The zero-order chi connectivity index (χ0) is 11.8. The van der Waals surface area contributed by atoms with Gasteiger partial charge in [-0.3, -0.25) is 4.57 Å². The van der Waals surface area contributed by atoms with Gasteiger partial charge in [0.15, 0.2) is 0 Å². The summed E-state index contributed by atoms with van der Waals surface area (Å²) < 4.78 is 9.51. The van der Waals surface area contributed by atoms with Crippen LogP contribution < -0.4 is 0 Å². The van der Waals surface area contributed by atoms with E-state index in [0.29, 0.717) is 0 Å². The minimum Gasteiger partial charge on any atom is -0.396 e. The molecule has 5 nitrogen and oxygen atoms in total. The molecule has 0 amide bonds. The molecule has 0 spiro atoms. The van der Waals surface area contributed by atoms with Crippen LogP contribution in [0.5, 0.6) is 0 Å². The van der Waals surface area contributed by atoms with E-state index in [4.69, 9.17) is 20.4 Å². The van der Waals surface area contributed by atoms with Crippen LogP contribution in [0.1, 0.15) is 0 Å². The third-order valence-corrected chi connectivity index (χ3v) is 1.34. The summed E-state index contributed by atoms with van der Waals surface area (Å²) in [6.45, 7) is -1.62. The Bertz CT molecular complexity index is 154. The van der Waals surface area contributed by atoms with Gasteiger partial charge < -0.3 is 20.4 Å². The predicted molar refractivity (Wildman–Crippen MR) is 55.9 cm³/mol. The maximum absolute atomic E-state index is 9.51. The zero-order valence-corrected chi connectivity index (χ0v) is 10.3. The van der Waals surface area contributed by atoms with E-state index >= 15 is 0 Å². The highest BCUT2D eigenvalue weighted by Gasteiger charge is 2.26. The van der Waals surface area contributed by atoms with Crippen molar-refractivity contribution in [3.8, 4) is 0 Å². The van der Waals surface area contributed by atoms with Gasteiger partial charge in [-0.2, -0.15) is 0 Å². The van der Waals surface area contributed by atoms with Gasteiger partial charge in [0.25, 0.3) is 0 Å². The average Bonchev–Trinajstić information content (AvgIpc) is 2.07. The van der Waals surface area contributed by atoms with Crippen LogP contribution in [-0.2, 0) is 4.57 Å². The van der Waals surface area contributed by atoms with E-state index in [2.05, 4.69) is 33.7 Å². The molecule has 0 bridgehead atoms. The molecular formula is C5H12Cl3O5P.